The van der Waals surface area contributed by atoms with E-state index in [2.05, 4.69) is 15.4 Å². The number of urea groups is 1. The number of carbonyl (C=O) groups excluding carboxylic acids is 2. The molecule has 1 heterocycles. The van der Waals surface area contributed by atoms with Crippen LogP contribution in [0.15, 0.2) is 0 Å². The van der Waals surface area contributed by atoms with Crippen LogP contribution in [0.3, 0.4) is 0 Å². The number of likely N-dealkylation sites (tertiary alicyclic amines) is 1. The lowest BCUT2D eigenvalue weighted by atomic mass is 9.96. The lowest BCUT2D eigenvalue weighted by molar-refractivity contribution is -0.144. The molecule has 118 valence electrons. The topological polar surface area (TPSA) is 108 Å². The number of ether oxygens (including phenoxy) is 1. The Morgan fingerprint density at radius 3 is 2.48 bits per heavy atom. The van der Waals surface area contributed by atoms with Gasteiger partial charge in [-0.15, -0.1) is 0 Å². The van der Waals surface area contributed by atoms with Gasteiger partial charge in [0.2, 0.25) is 0 Å². The molecule has 1 saturated carbocycles. The summed E-state index contributed by atoms with van der Waals surface area (Å²) in [6, 6.07) is -0.568. The van der Waals surface area contributed by atoms with E-state index in [-0.39, 0.29) is 12.0 Å². The number of carboxylic acids is 1. The molecule has 2 fully saturated rings. The Morgan fingerprint density at radius 1 is 1.29 bits per heavy atom. The predicted octanol–water partition coefficient (Wildman–Crippen LogP) is 0.380. The summed E-state index contributed by atoms with van der Waals surface area (Å²) < 4.78 is 4.51. The number of rotatable bonds is 4. The van der Waals surface area contributed by atoms with Gasteiger partial charge in [0.25, 0.3) is 0 Å². The van der Waals surface area contributed by atoms with Crippen LogP contribution in [0.25, 0.3) is 0 Å². The van der Waals surface area contributed by atoms with E-state index in [1.54, 1.807) is 6.92 Å². The first-order valence-corrected chi connectivity index (χ1v) is 7.01. The van der Waals surface area contributed by atoms with Crippen LogP contribution in [0.4, 0.5) is 9.59 Å². The Bertz CT molecular complexity index is 451. The van der Waals surface area contributed by atoms with Crippen LogP contribution in [0.5, 0.6) is 0 Å². The van der Waals surface area contributed by atoms with Gasteiger partial charge in [0.1, 0.15) is 5.54 Å². The van der Waals surface area contributed by atoms with Crippen molar-refractivity contribution in [1.82, 2.24) is 15.5 Å². The molecule has 2 aliphatic rings. The average molecular weight is 299 g/mol. The molecule has 2 rings (SSSR count). The number of nitrogens with zero attached hydrogens (tertiary/aromatic N) is 1. The second-order valence-corrected chi connectivity index (χ2v) is 5.78. The van der Waals surface area contributed by atoms with Crippen LogP contribution in [-0.2, 0) is 9.53 Å². The number of hydrogen-bond acceptors (Lipinski definition) is 4. The molecule has 8 nitrogen and oxygen atoms in total. The molecule has 1 aliphatic heterocycles. The number of nitrogens with one attached hydrogen (secondary N) is 2. The summed E-state index contributed by atoms with van der Waals surface area (Å²) in [5.41, 5.74) is -1.22. The molecule has 0 aromatic carbocycles. The molecule has 2 unspecified atom stereocenters. The summed E-state index contributed by atoms with van der Waals surface area (Å²) in [5.74, 6) is -1.02. The molecule has 8 heteroatoms. The van der Waals surface area contributed by atoms with Crippen molar-refractivity contribution < 1.29 is 24.2 Å². The van der Waals surface area contributed by atoms with Gasteiger partial charge in [-0.2, -0.15) is 0 Å². The van der Waals surface area contributed by atoms with Gasteiger partial charge >= 0.3 is 18.1 Å². The van der Waals surface area contributed by atoms with Crippen molar-refractivity contribution >= 4 is 18.1 Å². The van der Waals surface area contributed by atoms with E-state index in [0.29, 0.717) is 19.5 Å². The summed E-state index contributed by atoms with van der Waals surface area (Å²) >= 11 is 0. The lowest BCUT2D eigenvalue weighted by Gasteiger charge is -2.29. The molecule has 0 aromatic heterocycles. The van der Waals surface area contributed by atoms with Crippen molar-refractivity contribution in [2.45, 2.75) is 37.8 Å². The maximum absolute atomic E-state index is 12.2. The number of amides is 3. The quantitative estimate of drug-likeness (QED) is 0.695. The number of carboxylic acid groups (broad SMARTS) is 1. The normalized spacial score (nSPS) is 24.1. The zero-order valence-electron chi connectivity index (χ0n) is 12.2. The zero-order chi connectivity index (χ0) is 15.6. The highest BCUT2D eigenvalue weighted by atomic mass is 16.5. The predicted molar refractivity (Wildman–Crippen MR) is 72.8 cm³/mol. The maximum atomic E-state index is 12.2. The maximum Gasteiger partial charge on any atom is 0.407 e. The van der Waals surface area contributed by atoms with E-state index in [1.165, 1.54) is 12.0 Å². The first kappa shape index (κ1) is 15.4. The van der Waals surface area contributed by atoms with Crippen LogP contribution in [-0.4, -0.2) is 59.9 Å². The van der Waals surface area contributed by atoms with E-state index >= 15 is 0 Å². The minimum atomic E-state index is -1.22. The first-order chi connectivity index (χ1) is 9.86. The second-order valence-electron chi connectivity index (χ2n) is 5.78. The van der Waals surface area contributed by atoms with Crippen molar-refractivity contribution in [3.8, 4) is 0 Å². The first-order valence-electron chi connectivity index (χ1n) is 7.01. The minimum absolute atomic E-state index is 0.00876. The van der Waals surface area contributed by atoms with Crippen LogP contribution in [0, 0.1) is 5.92 Å². The standard InChI is InChI=1S/C13H21N3O5/c1-13(10(17)18,8-3-4-8)15-11(19)16-6-5-9(7-16)14-12(20)21-2/h8-9H,3-7H2,1-2H3,(H,14,20)(H,15,19)(H,17,18). The average Bonchev–Trinajstić information content (AvgIpc) is 3.19. The molecular formula is C13H21N3O5. The summed E-state index contributed by atoms with van der Waals surface area (Å²) in [5, 5.41) is 14.6. The molecular weight excluding hydrogens is 278 g/mol. The van der Waals surface area contributed by atoms with Gasteiger partial charge in [0, 0.05) is 13.1 Å². The van der Waals surface area contributed by atoms with Gasteiger partial charge in [-0.25, -0.2) is 14.4 Å². The highest BCUT2D eigenvalue weighted by Gasteiger charge is 2.49. The Balaban J connectivity index is 1.89. The Kier molecular flexibility index (Phi) is 4.24. The number of alkyl carbamates (subject to hydrolysis) is 1. The number of hydrogen-bond donors (Lipinski definition) is 3. The largest absolute Gasteiger partial charge is 0.480 e. The highest BCUT2D eigenvalue weighted by Crippen LogP contribution is 2.39. The molecule has 2 atom stereocenters. The Morgan fingerprint density at radius 2 is 1.95 bits per heavy atom. The fraction of sp³-hybridized carbons (Fsp3) is 0.769. The van der Waals surface area contributed by atoms with Gasteiger partial charge in [-0.1, -0.05) is 0 Å². The third kappa shape index (κ3) is 3.37. The smallest absolute Gasteiger partial charge is 0.407 e. The minimum Gasteiger partial charge on any atom is -0.480 e. The molecule has 3 N–H and O–H groups in total. The van der Waals surface area contributed by atoms with E-state index in [4.69, 9.17) is 0 Å². The van der Waals surface area contributed by atoms with Crippen LogP contribution in [0.1, 0.15) is 26.2 Å². The van der Waals surface area contributed by atoms with Gasteiger partial charge in [0.15, 0.2) is 0 Å². The third-order valence-corrected chi connectivity index (χ3v) is 4.19. The molecule has 0 bridgehead atoms. The molecule has 1 saturated heterocycles. The van der Waals surface area contributed by atoms with Gasteiger partial charge < -0.3 is 25.4 Å². The van der Waals surface area contributed by atoms with Crippen LogP contribution in [0.2, 0.25) is 0 Å². The fourth-order valence-corrected chi connectivity index (χ4v) is 2.58. The summed E-state index contributed by atoms with van der Waals surface area (Å²) in [6.45, 7) is 2.37. The third-order valence-electron chi connectivity index (χ3n) is 4.19. The van der Waals surface area contributed by atoms with Gasteiger partial charge in [0.05, 0.1) is 13.2 Å². The molecule has 0 radical (unpaired) electrons. The van der Waals surface area contributed by atoms with E-state index < -0.39 is 23.6 Å². The van der Waals surface area contributed by atoms with Crippen molar-refractivity contribution in [3.63, 3.8) is 0 Å². The number of carbonyl (C=O) groups is 3. The Labute approximate surface area is 122 Å². The van der Waals surface area contributed by atoms with Crippen molar-refractivity contribution in [2.24, 2.45) is 5.92 Å². The molecule has 21 heavy (non-hydrogen) atoms. The van der Waals surface area contributed by atoms with E-state index in [1.807, 2.05) is 0 Å². The highest BCUT2D eigenvalue weighted by molar-refractivity contribution is 5.86. The summed E-state index contributed by atoms with van der Waals surface area (Å²) in [7, 11) is 1.28. The molecule has 3 amide bonds. The van der Waals surface area contributed by atoms with Crippen LogP contribution >= 0.6 is 0 Å². The molecule has 0 aromatic rings. The van der Waals surface area contributed by atoms with Gasteiger partial charge in [-0.3, -0.25) is 0 Å². The number of methoxy groups -OCH3 is 1. The SMILES string of the molecule is COC(=O)NC1CCN(C(=O)NC(C)(C(=O)O)C2CC2)C1. The van der Waals surface area contributed by atoms with E-state index in [9.17, 15) is 19.5 Å². The monoisotopic (exact) mass is 299 g/mol. The number of aliphatic carboxylic acids is 1. The van der Waals surface area contributed by atoms with Crippen LogP contribution < -0.4 is 10.6 Å². The van der Waals surface area contributed by atoms with Crippen molar-refractivity contribution in [3.05, 3.63) is 0 Å². The van der Waals surface area contributed by atoms with Gasteiger partial charge in [-0.05, 0) is 32.1 Å². The van der Waals surface area contributed by atoms with Crippen molar-refractivity contribution in [2.75, 3.05) is 20.2 Å². The molecule has 0 spiro atoms. The summed E-state index contributed by atoms with van der Waals surface area (Å²) in [4.78, 5) is 36.2. The Hall–Kier alpha value is -1.99. The lowest BCUT2D eigenvalue weighted by Crippen LogP contribution is -2.57. The van der Waals surface area contributed by atoms with E-state index in [0.717, 1.165) is 12.8 Å². The fourth-order valence-electron chi connectivity index (χ4n) is 2.58. The zero-order valence-corrected chi connectivity index (χ0v) is 12.2. The summed E-state index contributed by atoms with van der Waals surface area (Å²) in [6.07, 6.45) is 1.72. The second kappa shape index (κ2) is 5.79. The van der Waals surface area contributed by atoms with Crippen molar-refractivity contribution in [1.29, 1.82) is 0 Å². The molecule has 1 aliphatic carbocycles.